The number of allylic oxidation sites excluding steroid dienone is 5. The first-order valence-electron chi connectivity index (χ1n) is 6.07. The van der Waals surface area contributed by atoms with E-state index in [-0.39, 0.29) is 11.2 Å². The third-order valence-electron chi connectivity index (χ3n) is 2.17. The van der Waals surface area contributed by atoms with E-state index in [0.717, 1.165) is 11.3 Å². The number of hydrogen-bond acceptors (Lipinski definition) is 2. The third kappa shape index (κ3) is 8.81. The molecule has 0 aromatic carbocycles. The van der Waals surface area contributed by atoms with Gasteiger partial charge >= 0.3 is 0 Å². The lowest BCUT2D eigenvalue weighted by Crippen LogP contribution is -2.22. The number of thioether (sulfide) groups is 1. The first-order chi connectivity index (χ1) is 8.11. The van der Waals surface area contributed by atoms with E-state index in [4.69, 9.17) is 5.73 Å². The number of carbonyl (C=O) groups excluding carboxylic acids is 1. The molecule has 0 saturated heterocycles. The smallest absolute Gasteiger partial charge is 0.230 e. The number of rotatable bonds is 8. The van der Waals surface area contributed by atoms with Crippen LogP contribution in [0, 0.1) is 0 Å². The second-order valence-corrected chi connectivity index (χ2v) is 5.22. The molecule has 0 aliphatic carbocycles. The van der Waals surface area contributed by atoms with E-state index in [1.807, 2.05) is 32.1 Å². The maximum atomic E-state index is 11.0. The Balaban J connectivity index is 4.44. The first kappa shape index (κ1) is 16.0. The summed E-state index contributed by atoms with van der Waals surface area (Å²) in [5.41, 5.74) is 5.26. The largest absolute Gasteiger partial charge is 0.369 e. The van der Waals surface area contributed by atoms with E-state index in [9.17, 15) is 4.79 Å². The molecule has 0 aliphatic rings. The predicted molar refractivity (Wildman–Crippen MR) is 77.8 cm³/mol. The number of nitrogens with two attached hydrogens (primary N) is 1. The van der Waals surface area contributed by atoms with Crippen LogP contribution in [0.5, 0.6) is 0 Å². The molecule has 0 rings (SSSR count). The Labute approximate surface area is 109 Å². The highest BCUT2D eigenvalue weighted by molar-refractivity contribution is 8.04. The van der Waals surface area contributed by atoms with Crippen molar-refractivity contribution >= 4 is 17.7 Å². The van der Waals surface area contributed by atoms with Gasteiger partial charge in [0.25, 0.3) is 0 Å². The topological polar surface area (TPSA) is 43.1 Å². The van der Waals surface area contributed by atoms with Crippen molar-refractivity contribution in [2.45, 2.75) is 45.3 Å². The van der Waals surface area contributed by atoms with Crippen molar-refractivity contribution in [2.75, 3.05) is 0 Å². The maximum absolute atomic E-state index is 11.0. The highest BCUT2D eigenvalue weighted by Gasteiger charge is 2.09. The van der Waals surface area contributed by atoms with E-state index in [2.05, 4.69) is 19.1 Å². The second kappa shape index (κ2) is 10.2. The fourth-order valence-corrected chi connectivity index (χ4v) is 1.97. The molecule has 0 radical (unpaired) electrons. The second-order valence-electron chi connectivity index (χ2n) is 3.80. The Kier molecular flexibility index (Phi) is 9.63. The van der Waals surface area contributed by atoms with E-state index in [1.165, 1.54) is 24.6 Å². The van der Waals surface area contributed by atoms with Crippen molar-refractivity contribution in [1.29, 1.82) is 0 Å². The number of carbonyl (C=O) groups is 1. The van der Waals surface area contributed by atoms with Crippen LogP contribution in [0.2, 0.25) is 0 Å². The third-order valence-corrected chi connectivity index (χ3v) is 3.30. The first-order valence-corrected chi connectivity index (χ1v) is 6.95. The summed E-state index contributed by atoms with van der Waals surface area (Å²) < 4.78 is 0. The fourth-order valence-electron chi connectivity index (χ4n) is 1.11. The molecule has 2 nitrogen and oxygen atoms in total. The average molecular weight is 253 g/mol. The van der Waals surface area contributed by atoms with Crippen LogP contribution in [-0.4, -0.2) is 11.2 Å². The number of amides is 1. The van der Waals surface area contributed by atoms with Gasteiger partial charge in [0, 0.05) is 4.91 Å². The minimum atomic E-state index is -0.275. The van der Waals surface area contributed by atoms with Crippen molar-refractivity contribution in [2.24, 2.45) is 5.73 Å². The zero-order valence-corrected chi connectivity index (χ0v) is 11.8. The molecule has 0 heterocycles. The molecule has 0 aromatic heterocycles. The summed E-state index contributed by atoms with van der Waals surface area (Å²) in [4.78, 5) is 12.1. The standard InChI is InChI=1S/C14H23NOS/c1-4-6-8-9-11-13(10-7-5-2)17-12(3)14(15)16/h5,7,9-12H,4,6,8H2,1-3H3,(H2,15,16). The molecule has 0 aromatic rings. The molecule has 2 N–H and O–H groups in total. The minimum Gasteiger partial charge on any atom is -0.369 e. The highest BCUT2D eigenvalue weighted by atomic mass is 32.2. The molecule has 3 heteroatoms. The summed E-state index contributed by atoms with van der Waals surface area (Å²) >= 11 is 1.50. The lowest BCUT2D eigenvalue weighted by Gasteiger charge is -2.07. The molecular weight excluding hydrogens is 230 g/mol. The Morgan fingerprint density at radius 2 is 2.18 bits per heavy atom. The molecule has 0 saturated carbocycles. The monoisotopic (exact) mass is 253 g/mol. The SMILES string of the molecule is CC=CC=C(C=CCCCC)SC(C)C(N)=O. The summed E-state index contributed by atoms with van der Waals surface area (Å²) in [6, 6.07) is 0. The molecule has 1 atom stereocenters. The van der Waals surface area contributed by atoms with Crippen LogP contribution in [0.15, 0.2) is 35.3 Å². The van der Waals surface area contributed by atoms with Gasteiger partial charge in [-0.2, -0.15) is 0 Å². The van der Waals surface area contributed by atoms with Crippen LogP contribution in [0.4, 0.5) is 0 Å². The van der Waals surface area contributed by atoms with Gasteiger partial charge in [-0.1, -0.05) is 44.1 Å². The number of unbranched alkanes of at least 4 members (excludes halogenated alkanes) is 2. The Hall–Kier alpha value is -0.960. The maximum Gasteiger partial charge on any atom is 0.230 e. The van der Waals surface area contributed by atoms with Gasteiger partial charge in [0.1, 0.15) is 0 Å². The van der Waals surface area contributed by atoms with Gasteiger partial charge in [-0.15, -0.1) is 11.8 Å². The highest BCUT2D eigenvalue weighted by Crippen LogP contribution is 2.23. The van der Waals surface area contributed by atoms with Gasteiger partial charge in [-0.3, -0.25) is 4.79 Å². The van der Waals surface area contributed by atoms with E-state index in [1.54, 1.807) is 0 Å². The van der Waals surface area contributed by atoms with Crippen LogP contribution in [0.1, 0.15) is 40.0 Å². The molecule has 0 bridgehead atoms. The van der Waals surface area contributed by atoms with Crippen LogP contribution >= 0.6 is 11.8 Å². The molecule has 1 amide bonds. The normalized spacial score (nSPS) is 14.6. The van der Waals surface area contributed by atoms with E-state index < -0.39 is 0 Å². The van der Waals surface area contributed by atoms with Gasteiger partial charge in [-0.25, -0.2) is 0 Å². The summed E-state index contributed by atoms with van der Waals surface area (Å²) in [7, 11) is 0. The van der Waals surface area contributed by atoms with Crippen LogP contribution < -0.4 is 5.73 Å². The molecule has 17 heavy (non-hydrogen) atoms. The van der Waals surface area contributed by atoms with Crippen molar-refractivity contribution in [3.8, 4) is 0 Å². The van der Waals surface area contributed by atoms with Gasteiger partial charge in [0.2, 0.25) is 5.91 Å². The lowest BCUT2D eigenvalue weighted by molar-refractivity contribution is -0.117. The van der Waals surface area contributed by atoms with Crippen LogP contribution in [-0.2, 0) is 4.79 Å². The summed E-state index contributed by atoms with van der Waals surface area (Å²) in [6.45, 7) is 5.97. The molecular formula is C14H23NOS. The van der Waals surface area contributed by atoms with Gasteiger partial charge < -0.3 is 5.73 Å². The molecule has 96 valence electrons. The number of hydrogen-bond donors (Lipinski definition) is 1. The summed E-state index contributed by atoms with van der Waals surface area (Å²) in [6.07, 6.45) is 13.6. The molecule has 0 fully saturated rings. The molecule has 1 unspecified atom stereocenters. The molecule has 0 aliphatic heterocycles. The lowest BCUT2D eigenvalue weighted by atomic mass is 10.2. The summed E-state index contributed by atoms with van der Waals surface area (Å²) in [5, 5.41) is -0.192. The molecule has 0 spiro atoms. The van der Waals surface area contributed by atoms with Crippen molar-refractivity contribution in [3.63, 3.8) is 0 Å². The van der Waals surface area contributed by atoms with Gasteiger partial charge in [0.05, 0.1) is 5.25 Å². The van der Waals surface area contributed by atoms with Crippen molar-refractivity contribution in [3.05, 3.63) is 35.3 Å². The van der Waals surface area contributed by atoms with Gasteiger partial charge in [-0.05, 0) is 26.3 Å². The summed E-state index contributed by atoms with van der Waals surface area (Å²) in [5.74, 6) is -0.275. The zero-order valence-electron chi connectivity index (χ0n) is 11.0. The van der Waals surface area contributed by atoms with Crippen LogP contribution in [0.25, 0.3) is 0 Å². The Morgan fingerprint density at radius 3 is 2.71 bits per heavy atom. The van der Waals surface area contributed by atoms with E-state index in [0.29, 0.717) is 0 Å². The quantitative estimate of drug-likeness (QED) is 0.528. The van der Waals surface area contributed by atoms with Crippen molar-refractivity contribution < 1.29 is 4.79 Å². The fraction of sp³-hybridized carbons (Fsp3) is 0.500. The number of primary amides is 1. The zero-order chi connectivity index (χ0) is 13.1. The minimum absolute atomic E-state index is 0.192. The van der Waals surface area contributed by atoms with Crippen molar-refractivity contribution in [1.82, 2.24) is 0 Å². The Morgan fingerprint density at radius 1 is 1.47 bits per heavy atom. The van der Waals surface area contributed by atoms with E-state index >= 15 is 0 Å². The Bertz CT molecular complexity index is 305. The average Bonchev–Trinajstić information content (AvgIpc) is 2.30. The van der Waals surface area contributed by atoms with Gasteiger partial charge in [0.15, 0.2) is 0 Å². The predicted octanol–water partition coefficient (Wildman–Crippen LogP) is 3.80. The van der Waals surface area contributed by atoms with Crippen LogP contribution in [0.3, 0.4) is 0 Å².